The van der Waals surface area contributed by atoms with E-state index < -0.39 is 46.7 Å². The molecule has 85 heavy (non-hydrogen) atoms. The first-order valence-corrected chi connectivity index (χ1v) is 29.4. The lowest BCUT2D eigenvalue weighted by Crippen LogP contribution is -2.43. The Morgan fingerprint density at radius 3 is 1.81 bits per heavy atom. The first-order chi connectivity index (χ1) is 40.9. The van der Waals surface area contributed by atoms with Gasteiger partial charge in [0, 0.05) is 86.2 Å². The van der Waals surface area contributed by atoms with Gasteiger partial charge >= 0.3 is 5.97 Å². The molecular formula is C65H69Cl2F2N9O7. The van der Waals surface area contributed by atoms with Crippen molar-refractivity contribution < 1.29 is 42.5 Å². The molecule has 0 spiro atoms. The predicted octanol–water partition coefficient (Wildman–Crippen LogP) is 11.1. The molecule has 4 aromatic carbocycles. The fourth-order valence-corrected chi connectivity index (χ4v) is 12.0. The molecule has 7 aromatic rings. The first-order valence-electron chi connectivity index (χ1n) is 28.6. The van der Waals surface area contributed by atoms with Gasteiger partial charge in [-0.3, -0.25) is 24.4 Å². The summed E-state index contributed by atoms with van der Waals surface area (Å²) in [6.45, 7) is 0.834. The van der Waals surface area contributed by atoms with E-state index in [4.69, 9.17) is 49.2 Å². The van der Waals surface area contributed by atoms with E-state index >= 15 is 4.39 Å². The minimum Gasteiger partial charge on any atom is -0.478 e. The summed E-state index contributed by atoms with van der Waals surface area (Å²) in [5.74, 6) is -1.67. The molecule has 12 rings (SSSR count). The number of nitrogens with zero attached hydrogens (tertiary/aromatic N) is 3. The number of allylic oxidation sites excluding steroid dienone is 1. The molecule has 2 saturated carbocycles. The van der Waals surface area contributed by atoms with Crippen LogP contribution in [0, 0.1) is 23.5 Å². The van der Waals surface area contributed by atoms with Crippen LogP contribution in [0.1, 0.15) is 118 Å². The maximum Gasteiger partial charge on any atom is 0.335 e. The van der Waals surface area contributed by atoms with Crippen LogP contribution in [0.25, 0.3) is 15.9 Å². The third-order valence-electron chi connectivity index (χ3n) is 17.0. The van der Waals surface area contributed by atoms with Gasteiger partial charge in [-0.2, -0.15) is 0 Å². The zero-order valence-electron chi connectivity index (χ0n) is 47.3. The quantitative estimate of drug-likeness (QED) is 0.0425. The van der Waals surface area contributed by atoms with Crippen molar-refractivity contribution in [3.63, 3.8) is 0 Å². The Bertz CT molecular complexity index is 3610. The number of ether oxygens (including phenoxy) is 2. The number of rotatable bonds is 18. The fourth-order valence-electron chi connectivity index (χ4n) is 11.5. The number of aromatic carboxylic acids is 1. The van der Waals surface area contributed by atoms with Crippen LogP contribution in [-0.4, -0.2) is 100 Å². The Balaban J connectivity index is 0.000000161. The fraction of sp³-hybridized carbons (Fsp3) is 0.354. The van der Waals surface area contributed by atoms with E-state index in [1.807, 2.05) is 30.3 Å². The second kappa shape index (κ2) is 26.5. The number of aromatic nitrogens is 3. The van der Waals surface area contributed by atoms with Crippen molar-refractivity contribution in [2.45, 2.75) is 106 Å². The highest BCUT2D eigenvalue weighted by atomic mass is 35.5. The summed E-state index contributed by atoms with van der Waals surface area (Å²) in [6.07, 6.45) is 19.9. The van der Waals surface area contributed by atoms with Gasteiger partial charge in [0.05, 0.1) is 51.3 Å². The Hall–Kier alpha value is -7.42. The highest BCUT2D eigenvalue weighted by molar-refractivity contribution is 6.49. The number of amides is 3. The van der Waals surface area contributed by atoms with E-state index in [2.05, 4.69) is 30.9 Å². The maximum absolute atomic E-state index is 15.2. The molecule has 2 aliphatic heterocycles. The predicted molar refractivity (Wildman–Crippen MR) is 324 cm³/mol. The van der Waals surface area contributed by atoms with Crippen LogP contribution in [0.4, 0.5) is 20.2 Å². The number of methoxy groups -OCH3 is 2. The number of hydrogen-bond acceptors (Lipinski definition) is 11. The van der Waals surface area contributed by atoms with Crippen molar-refractivity contribution in [2.24, 2.45) is 23.3 Å². The number of nitrogens with two attached hydrogens (primary N) is 2. The second-order valence-electron chi connectivity index (χ2n) is 22.7. The molecule has 444 valence electrons. The summed E-state index contributed by atoms with van der Waals surface area (Å²) in [6, 6.07) is 25.8. The molecule has 6 atom stereocenters. The van der Waals surface area contributed by atoms with Gasteiger partial charge in [0.2, 0.25) is 11.8 Å². The Morgan fingerprint density at radius 1 is 0.706 bits per heavy atom. The number of carboxylic acid groups (broad SMARTS) is 1. The van der Waals surface area contributed by atoms with Gasteiger partial charge in [-0.25, -0.2) is 13.6 Å². The lowest BCUT2D eigenvalue weighted by Gasteiger charge is -2.31. The standard InChI is InChI=1S/C32H33ClFN5O3.C23H29FN4O2.C10H7ClO2/c1-42-23-16-29(39(18-23)31(41)20-4-6-24-25(33)17-37-27(24)14-20)30(40)38-28-15-22(5-7-26(28)34)32(35,11-8-19-2-3-19)21-9-12-36-13-10-21;1-30-18-13-21(27-14-18)22(29)28-20-12-17(4-5-19(20)24)23(25,9-6-15-2-3-15)16-7-10-26-11-8-16;11-9-4-2-6-5-7(10(12)13)1-3-8(6)9/h4-7,9-10,12-15,17,19,23,29,37H,2-3,8,11,16,18,35H2,1H3,(H,38,40);4-5,7-8,10-12,15,18,21,27H,2-3,6,9,13-14,25H2,1H3,(H,28,29);1,3-5H,2H2,(H,12,13)/t23-,29-,32?;18-,21-,23?;/m11./s1. The van der Waals surface area contributed by atoms with Crippen molar-refractivity contribution in [3.05, 3.63) is 195 Å². The van der Waals surface area contributed by atoms with Gasteiger partial charge in [-0.05, 0) is 157 Å². The summed E-state index contributed by atoms with van der Waals surface area (Å²) < 4.78 is 40.5. The lowest BCUT2D eigenvalue weighted by atomic mass is 9.79. The molecule has 3 aromatic heterocycles. The van der Waals surface area contributed by atoms with Crippen LogP contribution in [0.2, 0.25) is 5.02 Å². The number of nitrogens with one attached hydrogen (secondary N) is 4. The molecule has 4 fully saturated rings. The van der Waals surface area contributed by atoms with Crippen molar-refractivity contribution in [1.82, 2.24) is 25.2 Å². The molecule has 2 saturated heterocycles. The second-order valence-corrected chi connectivity index (χ2v) is 23.5. The summed E-state index contributed by atoms with van der Waals surface area (Å²) in [7, 11) is 3.17. The van der Waals surface area contributed by atoms with Crippen molar-refractivity contribution >= 4 is 74.2 Å². The summed E-state index contributed by atoms with van der Waals surface area (Å²) in [5, 5.41) is 19.4. The zero-order valence-corrected chi connectivity index (χ0v) is 48.8. The van der Waals surface area contributed by atoms with E-state index in [-0.39, 0.29) is 48.4 Å². The molecule has 5 heterocycles. The smallest absolute Gasteiger partial charge is 0.335 e. The molecule has 3 aliphatic carbocycles. The van der Waals surface area contributed by atoms with Gasteiger partial charge in [-0.1, -0.05) is 79.2 Å². The van der Waals surface area contributed by atoms with Gasteiger partial charge < -0.3 is 51.9 Å². The van der Waals surface area contributed by atoms with Crippen LogP contribution in [0.15, 0.2) is 134 Å². The van der Waals surface area contributed by atoms with Gasteiger partial charge in [0.1, 0.15) is 17.7 Å². The lowest BCUT2D eigenvalue weighted by molar-refractivity contribution is -0.120. The molecule has 3 amide bonds. The highest BCUT2D eigenvalue weighted by Gasteiger charge is 2.41. The largest absolute Gasteiger partial charge is 0.478 e. The number of H-pyrrole nitrogens is 1. The minimum absolute atomic E-state index is 0.0114. The number of anilines is 2. The van der Waals surface area contributed by atoms with Crippen LogP contribution < -0.4 is 27.4 Å². The molecule has 0 radical (unpaired) electrons. The third-order valence-corrected chi connectivity index (χ3v) is 17.7. The molecule has 5 aliphatic rings. The minimum atomic E-state index is -0.897. The van der Waals surface area contributed by atoms with Gasteiger partial charge in [-0.15, -0.1) is 0 Å². The number of carbonyl (C=O) groups excluding carboxylic acids is 3. The van der Waals surface area contributed by atoms with E-state index in [1.165, 1.54) is 42.7 Å². The van der Waals surface area contributed by atoms with Gasteiger partial charge in [0.25, 0.3) is 5.91 Å². The molecular weight excluding hydrogens is 1130 g/mol. The summed E-state index contributed by atoms with van der Waals surface area (Å²) >= 11 is 12.1. The average Bonchev–Trinajstić information content (AvgIpc) is 3.69. The number of fused-ring (bicyclic) bond motifs is 2. The van der Waals surface area contributed by atoms with Crippen LogP contribution in [0.3, 0.4) is 0 Å². The zero-order chi connectivity index (χ0) is 60.0. The van der Waals surface area contributed by atoms with Crippen LogP contribution >= 0.6 is 23.2 Å². The van der Waals surface area contributed by atoms with E-state index in [0.29, 0.717) is 52.0 Å². The number of likely N-dealkylation sites (tertiary alicyclic amines) is 1. The Kier molecular flexibility index (Phi) is 18.9. The molecule has 16 nitrogen and oxygen atoms in total. The number of benzene rings is 4. The number of aromatic amines is 1. The van der Waals surface area contributed by atoms with E-state index in [0.717, 1.165) is 70.3 Å². The summed E-state index contributed by atoms with van der Waals surface area (Å²) in [5.41, 5.74) is 19.2. The first kappa shape index (κ1) is 60.7. The van der Waals surface area contributed by atoms with Crippen molar-refractivity contribution in [3.8, 4) is 0 Å². The molecule has 0 bridgehead atoms. The topological polar surface area (TPSA) is 240 Å². The molecule has 9 N–H and O–H groups in total. The van der Waals surface area contributed by atoms with E-state index in [9.17, 15) is 23.6 Å². The number of carboxylic acids is 1. The third kappa shape index (κ3) is 14.1. The molecule has 20 heteroatoms. The average molecular weight is 1200 g/mol. The van der Waals surface area contributed by atoms with Crippen molar-refractivity contribution in [2.75, 3.05) is 37.9 Å². The number of carbonyl (C=O) groups is 4. The number of pyridine rings is 2. The van der Waals surface area contributed by atoms with Gasteiger partial charge in [0.15, 0.2) is 0 Å². The Labute approximate surface area is 502 Å². The molecule has 2 unspecified atom stereocenters. The maximum atomic E-state index is 15.2. The number of hydrogen-bond donors (Lipinski definition) is 7. The monoisotopic (exact) mass is 1200 g/mol. The van der Waals surface area contributed by atoms with E-state index in [1.54, 1.807) is 106 Å². The van der Waals surface area contributed by atoms with Crippen molar-refractivity contribution in [1.29, 1.82) is 0 Å². The SMILES string of the molecule is CO[C@@H]1C[C@H](C(=O)Nc2cc(C(N)(CCC3CC3)c3ccncc3)ccc2F)N(C(=O)c2ccc3c(Cl)c[nH]c3c2)C1.CO[C@H]1CN[C@@H](C(=O)Nc2cc(C(N)(CCC3CC3)c3ccncc3)ccc2F)C1.O=C(O)c1ccc2c(c1)CC=C2Cl. The van der Waals surface area contributed by atoms with Crippen LogP contribution in [0.5, 0.6) is 0 Å². The Morgan fingerprint density at radius 2 is 1.27 bits per heavy atom. The normalized spacial score (nSPS) is 20.2. The number of halogens is 4. The summed E-state index contributed by atoms with van der Waals surface area (Å²) in [4.78, 5) is 63.3. The highest BCUT2D eigenvalue weighted by Crippen LogP contribution is 2.42. The van der Waals surface area contributed by atoms with Crippen LogP contribution in [-0.2, 0) is 36.6 Å².